The van der Waals surface area contributed by atoms with Crippen LogP contribution < -0.4 is 19.1 Å². The van der Waals surface area contributed by atoms with E-state index in [1.54, 1.807) is 14.2 Å². The lowest BCUT2D eigenvalue weighted by Crippen LogP contribution is -2.13. The molecular weight excluding hydrogens is 508 g/mol. The van der Waals surface area contributed by atoms with Gasteiger partial charge in [0.1, 0.15) is 22.5 Å². The molecule has 0 aliphatic heterocycles. The van der Waals surface area contributed by atoms with Gasteiger partial charge in [-0.15, -0.1) is 0 Å². The largest absolute Gasteiger partial charge is 0.495 e. The summed E-state index contributed by atoms with van der Waals surface area (Å²) in [7, 11) is 7.08. The summed E-state index contributed by atoms with van der Waals surface area (Å²) in [5.74, 6) is 1.33. The first-order chi connectivity index (χ1) is 17.9. The fourth-order valence-corrected chi connectivity index (χ4v) is 6.39. The number of aromatic nitrogens is 2. The molecule has 2 aromatic heterocycles. The maximum atomic E-state index is 12.4. The first-order valence-corrected chi connectivity index (χ1v) is 14.0. The molecule has 0 saturated carbocycles. The van der Waals surface area contributed by atoms with Crippen molar-refractivity contribution in [3.63, 3.8) is 0 Å². The Morgan fingerprint density at radius 1 is 0.703 bits per heavy atom. The smallest absolute Gasteiger partial charge is 0.248 e. The number of amides is 2. The lowest BCUT2D eigenvalue weighted by atomic mass is 10.1. The van der Waals surface area contributed by atoms with Crippen molar-refractivity contribution in [2.45, 2.75) is 44.9 Å². The van der Waals surface area contributed by atoms with Crippen LogP contribution in [0.4, 0.5) is 0 Å². The minimum atomic E-state index is -0.108. The zero-order valence-electron chi connectivity index (χ0n) is 21.7. The van der Waals surface area contributed by atoms with Gasteiger partial charge in [-0.1, -0.05) is 54.1 Å². The van der Waals surface area contributed by atoms with Crippen molar-refractivity contribution in [2.75, 3.05) is 14.2 Å². The minimum Gasteiger partial charge on any atom is -0.495 e. The highest BCUT2D eigenvalue weighted by Crippen LogP contribution is 2.27. The molecule has 4 rings (SSSR count). The number of fused-ring (bicyclic) bond motifs is 2. The number of ether oxygens (including phenoxy) is 2. The standard InChI is InChI=1S/C27H32N4O4S2/c1-30-24-18(34-3)12-10-14-20(24)36-26(30)28-22(32)16-8-6-5-7-9-17-23(33)29-27-31(2)25-19(35-4)13-11-15-21(25)37-27/h10-15H,5-9,16-17H2,1-4H3. The zero-order valence-corrected chi connectivity index (χ0v) is 23.3. The number of hydrogen-bond acceptors (Lipinski definition) is 6. The van der Waals surface area contributed by atoms with Crippen LogP contribution in [0.2, 0.25) is 0 Å². The van der Waals surface area contributed by atoms with E-state index in [0.29, 0.717) is 22.4 Å². The number of methoxy groups -OCH3 is 2. The number of carbonyl (C=O) groups is 2. The van der Waals surface area contributed by atoms with Crippen molar-refractivity contribution in [3.8, 4) is 11.5 Å². The van der Waals surface area contributed by atoms with Gasteiger partial charge in [0.05, 0.1) is 23.6 Å². The van der Waals surface area contributed by atoms with Crippen molar-refractivity contribution in [2.24, 2.45) is 24.1 Å². The first-order valence-electron chi connectivity index (χ1n) is 12.3. The van der Waals surface area contributed by atoms with Crippen LogP contribution in [0, 0.1) is 0 Å². The van der Waals surface area contributed by atoms with Gasteiger partial charge in [-0.2, -0.15) is 9.98 Å². The SMILES string of the molecule is COc1cccc2sc(=NC(=O)CCCCCCCC(=O)N=c3sc4cccc(OC)c4n3C)n(C)c12. The maximum Gasteiger partial charge on any atom is 0.248 e. The number of unbranched alkanes of at least 4 members (excludes halogenated alkanes) is 4. The number of para-hydroxylation sites is 2. The van der Waals surface area contributed by atoms with E-state index < -0.39 is 0 Å². The fraction of sp³-hybridized carbons (Fsp3) is 0.407. The van der Waals surface area contributed by atoms with Gasteiger partial charge in [0, 0.05) is 26.9 Å². The molecule has 10 heteroatoms. The average molecular weight is 541 g/mol. The summed E-state index contributed by atoms with van der Waals surface area (Å²) in [5.41, 5.74) is 1.90. The predicted molar refractivity (Wildman–Crippen MR) is 148 cm³/mol. The molecule has 0 unspecified atom stereocenters. The Morgan fingerprint density at radius 3 is 1.51 bits per heavy atom. The minimum absolute atomic E-state index is 0.108. The summed E-state index contributed by atoms with van der Waals surface area (Å²) < 4.78 is 16.8. The Balaban J connectivity index is 1.22. The van der Waals surface area contributed by atoms with E-state index in [-0.39, 0.29) is 11.8 Å². The zero-order chi connectivity index (χ0) is 26.4. The van der Waals surface area contributed by atoms with E-state index in [1.165, 1.54) is 22.7 Å². The molecule has 0 radical (unpaired) electrons. The van der Waals surface area contributed by atoms with Crippen LogP contribution in [0.25, 0.3) is 20.4 Å². The Morgan fingerprint density at radius 2 is 1.11 bits per heavy atom. The van der Waals surface area contributed by atoms with Crippen LogP contribution in [0.3, 0.4) is 0 Å². The summed E-state index contributed by atoms with van der Waals surface area (Å²) in [6, 6.07) is 11.7. The van der Waals surface area contributed by atoms with Crippen molar-refractivity contribution < 1.29 is 19.1 Å². The van der Waals surface area contributed by atoms with Gasteiger partial charge >= 0.3 is 0 Å². The molecule has 37 heavy (non-hydrogen) atoms. The van der Waals surface area contributed by atoms with Crippen LogP contribution in [0.15, 0.2) is 46.4 Å². The summed E-state index contributed by atoms with van der Waals surface area (Å²) in [6.07, 6.45) is 5.27. The van der Waals surface area contributed by atoms with Crippen LogP contribution in [0.1, 0.15) is 44.9 Å². The molecule has 0 aliphatic rings. The quantitative estimate of drug-likeness (QED) is 0.262. The number of thiazole rings is 2. The van der Waals surface area contributed by atoms with E-state index in [9.17, 15) is 9.59 Å². The monoisotopic (exact) mass is 540 g/mol. The van der Waals surface area contributed by atoms with Crippen molar-refractivity contribution in [1.82, 2.24) is 9.13 Å². The van der Waals surface area contributed by atoms with Gasteiger partial charge in [-0.05, 0) is 37.1 Å². The highest BCUT2D eigenvalue weighted by molar-refractivity contribution is 7.16. The topological polar surface area (TPSA) is 87.2 Å². The predicted octanol–water partition coefficient (Wildman–Crippen LogP) is 5.10. The Bertz CT molecular complexity index is 1440. The first kappa shape index (κ1) is 26.8. The normalized spacial score (nSPS) is 12.5. The number of benzene rings is 2. The second-order valence-corrected chi connectivity index (χ2v) is 10.8. The Kier molecular flexibility index (Phi) is 8.94. The van der Waals surface area contributed by atoms with Gasteiger partial charge in [0.25, 0.3) is 0 Å². The van der Waals surface area contributed by atoms with E-state index in [1.807, 2.05) is 59.6 Å². The van der Waals surface area contributed by atoms with E-state index in [2.05, 4.69) is 9.98 Å². The maximum absolute atomic E-state index is 12.4. The van der Waals surface area contributed by atoms with Gasteiger partial charge in [-0.3, -0.25) is 9.59 Å². The molecule has 0 aliphatic carbocycles. The molecule has 0 fully saturated rings. The molecule has 2 aromatic carbocycles. The van der Waals surface area contributed by atoms with Gasteiger partial charge < -0.3 is 18.6 Å². The number of aryl methyl sites for hydroxylation is 2. The summed E-state index contributed by atoms with van der Waals surface area (Å²) in [4.78, 5) is 34.8. The summed E-state index contributed by atoms with van der Waals surface area (Å²) >= 11 is 2.97. The molecule has 0 atom stereocenters. The highest BCUT2D eigenvalue weighted by Gasteiger charge is 2.11. The molecule has 196 valence electrons. The fourth-order valence-electron chi connectivity index (χ4n) is 4.29. The number of nitrogens with zero attached hydrogens (tertiary/aromatic N) is 4. The number of rotatable bonds is 10. The van der Waals surface area contributed by atoms with Crippen LogP contribution in [-0.4, -0.2) is 35.2 Å². The molecule has 4 aromatic rings. The Hall–Kier alpha value is -3.24. The van der Waals surface area contributed by atoms with Crippen molar-refractivity contribution in [3.05, 3.63) is 46.0 Å². The lowest BCUT2D eigenvalue weighted by Gasteiger charge is -2.03. The van der Waals surface area contributed by atoms with Crippen molar-refractivity contribution >= 4 is 54.9 Å². The second-order valence-electron chi connectivity index (χ2n) is 8.78. The molecule has 0 saturated heterocycles. The number of hydrogen-bond donors (Lipinski definition) is 0. The highest BCUT2D eigenvalue weighted by atomic mass is 32.1. The molecule has 8 nitrogen and oxygen atoms in total. The molecule has 0 bridgehead atoms. The van der Waals surface area contributed by atoms with E-state index in [4.69, 9.17) is 9.47 Å². The Labute approximate surface area is 223 Å². The number of carbonyl (C=O) groups excluding carboxylic acids is 2. The third-order valence-electron chi connectivity index (χ3n) is 6.23. The van der Waals surface area contributed by atoms with E-state index >= 15 is 0 Å². The third kappa shape index (κ3) is 6.19. The molecular formula is C27H32N4O4S2. The van der Waals surface area contributed by atoms with Crippen LogP contribution >= 0.6 is 22.7 Å². The second kappa shape index (κ2) is 12.3. The molecule has 2 heterocycles. The van der Waals surface area contributed by atoms with Gasteiger partial charge in [-0.25, -0.2) is 0 Å². The molecule has 0 spiro atoms. The summed E-state index contributed by atoms with van der Waals surface area (Å²) in [5, 5.41) is 0. The average Bonchev–Trinajstić information content (AvgIpc) is 3.39. The summed E-state index contributed by atoms with van der Waals surface area (Å²) in [6.45, 7) is 0. The van der Waals surface area contributed by atoms with Crippen molar-refractivity contribution in [1.29, 1.82) is 0 Å². The van der Waals surface area contributed by atoms with Crippen LogP contribution in [-0.2, 0) is 23.7 Å². The lowest BCUT2D eigenvalue weighted by molar-refractivity contribution is -0.118. The third-order valence-corrected chi connectivity index (χ3v) is 8.43. The van der Waals surface area contributed by atoms with E-state index in [0.717, 1.165) is 64.0 Å². The molecule has 2 amide bonds. The van der Waals surface area contributed by atoms with Gasteiger partial charge in [0.2, 0.25) is 11.8 Å². The van der Waals surface area contributed by atoms with Gasteiger partial charge in [0.15, 0.2) is 9.60 Å². The molecule has 0 N–H and O–H groups in total. The van der Waals surface area contributed by atoms with Crippen LogP contribution in [0.5, 0.6) is 11.5 Å².